The fourth-order valence-corrected chi connectivity index (χ4v) is 1.75. The first-order chi connectivity index (χ1) is 9.28. The van der Waals surface area contributed by atoms with Gasteiger partial charge in [-0.05, 0) is 36.2 Å². The van der Waals surface area contributed by atoms with Crippen LogP contribution in [0.1, 0.15) is 17.5 Å². The summed E-state index contributed by atoms with van der Waals surface area (Å²) in [4.78, 5) is 11.8. The summed E-state index contributed by atoms with van der Waals surface area (Å²) in [5.41, 5.74) is 2.46. The van der Waals surface area contributed by atoms with E-state index in [0.29, 0.717) is 12.0 Å². The van der Waals surface area contributed by atoms with E-state index >= 15 is 0 Å². The Hall–Kier alpha value is -2.60. The van der Waals surface area contributed by atoms with Crippen molar-refractivity contribution < 1.29 is 4.79 Å². The Morgan fingerprint density at radius 2 is 1.74 bits per heavy atom. The number of nitriles is 1. The number of carbonyl (C=O) groups excluding carboxylic acids is 1. The molecule has 0 bridgehead atoms. The Morgan fingerprint density at radius 1 is 1.05 bits per heavy atom. The normalized spacial score (nSPS) is 9.63. The zero-order valence-electron chi connectivity index (χ0n) is 10.5. The lowest BCUT2D eigenvalue weighted by atomic mass is 10.1. The molecule has 0 radical (unpaired) electrons. The highest BCUT2D eigenvalue weighted by Crippen LogP contribution is 2.10. The first-order valence-corrected chi connectivity index (χ1v) is 6.12. The van der Waals surface area contributed by atoms with Crippen molar-refractivity contribution in [2.45, 2.75) is 12.8 Å². The van der Waals surface area contributed by atoms with Gasteiger partial charge in [-0.15, -0.1) is 0 Å². The second-order valence-electron chi connectivity index (χ2n) is 4.22. The lowest BCUT2D eigenvalue weighted by Crippen LogP contribution is -2.12. The largest absolute Gasteiger partial charge is 0.326 e. The van der Waals surface area contributed by atoms with Gasteiger partial charge in [0, 0.05) is 12.1 Å². The Balaban J connectivity index is 1.86. The SMILES string of the molecule is N#Cc1ccc(NC(=O)CCc2ccccc2)cc1. The minimum atomic E-state index is -0.0199. The molecular weight excluding hydrogens is 236 g/mol. The Morgan fingerprint density at radius 3 is 2.37 bits per heavy atom. The highest BCUT2D eigenvalue weighted by molar-refractivity contribution is 5.90. The minimum Gasteiger partial charge on any atom is -0.326 e. The van der Waals surface area contributed by atoms with E-state index in [2.05, 4.69) is 5.32 Å². The van der Waals surface area contributed by atoms with Crippen LogP contribution in [-0.2, 0) is 11.2 Å². The quantitative estimate of drug-likeness (QED) is 0.906. The molecule has 2 aromatic carbocycles. The third kappa shape index (κ3) is 3.97. The third-order valence-corrected chi connectivity index (χ3v) is 2.78. The molecule has 3 heteroatoms. The van der Waals surface area contributed by atoms with Gasteiger partial charge in [0.15, 0.2) is 0 Å². The molecule has 0 unspecified atom stereocenters. The predicted octanol–water partition coefficient (Wildman–Crippen LogP) is 3.13. The van der Waals surface area contributed by atoms with Gasteiger partial charge in [0.25, 0.3) is 0 Å². The van der Waals surface area contributed by atoms with Gasteiger partial charge in [-0.25, -0.2) is 0 Å². The molecule has 3 nitrogen and oxygen atoms in total. The molecule has 94 valence electrons. The van der Waals surface area contributed by atoms with Crippen molar-refractivity contribution in [1.29, 1.82) is 5.26 Å². The van der Waals surface area contributed by atoms with Crippen LogP contribution >= 0.6 is 0 Å². The number of rotatable bonds is 4. The topological polar surface area (TPSA) is 52.9 Å². The summed E-state index contributed by atoms with van der Waals surface area (Å²) in [7, 11) is 0. The summed E-state index contributed by atoms with van der Waals surface area (Å²) >= 11 is 0. The number of carbonyl (C=O) groups is 1. The van der Waals surface area contributed by atoms with Gasteiger partial charge in [0.05, 0.1) is 11.6 Å². The van der Waals surface area contributed by atoms with Crippen LogP contribution < -0.4 is 5.32 Å². The molecule has 2 aromatic rings. The van der Waals surface area contributed by atoms with Crippen LogP contribution in [0.25, 0.3) is 0 Å². The molecule has 0 aromatic heterocycles. The van der Waals surface area contributed by atoms with Gasteiger partial charge in [-0.1, -0.05) is 30.3 Å². The monoisotopic (exact) mass is 250 g/mol. The van der Waals surface area contributed by atoms with Crippen molar-refractivity contribution in [3.05, 3.63) is 65.7 Å². The van der Waals surface area contributed by atoms with Gasteiger partial charge in [-0.2, -0.15) is 5.26 Å². The molecule has 0 fully saturated rings. The van der Waals surface area contributed by atoms with E-state index in [9.17, 15) is 4.79 Å². The van der Waals surface area contributed by atoms with Crippen LogP contribution in [0.2, 0.25) is 0 Å². The number of nitrogens with zero attached hydrogens (tertiary/aromatic N) is 1. The van der Waals surface area contributed by atoms with Crippen LogP contribution in [0.5, 0.6) is 0 Å². The highest BCUT2D eigenvalue weighted by Gasteiger charge is 2.03. The lowest BCUT2D eigenvalue weighted by molar-refractivity contribution is -0.116. The summed E-state index contributed by atoms with van der Waals surface area (Å²) in [6.07, 6.45) is 1.17. The second-order valence-corrected chi connectivity index (χ2v) is 4.22. The predicted molar refractivity (Wildman–Crippen MR) is 74.5 cm³/mol. The first kappa shape index (κ1) is 12.8. The van der Waals surface area contributed by atoms with Crippen LogP contribution in [0.3, 0.4) is 0 Å². The maximum atomic E-state index is 11.8. The fourth-order valence-electron chi connectivity index (χ4n) is 1.75. The number of amides is 1. The average molecular weight is 250 g/mol. The number of aryl methyl sites for hydroxylation is 1. The van der Waals surface area contributed by atoms with Gasteiger partial charge in [-0.3, -0.25) is 4.79 Å². The van der Waals surface area contributed by atoms with Crippen molar-refractivity contribution in [3.63, 3.8) is 0 Å². The molecule has 0 saturated carbocycles. The van der Waals surface area contributed by atoms with E-state index in [4.69, 9.17) is 5.26 Å². The molecule has 0 saturated heterocycles. The Kier molecular flexibility index (Phi) is 4.30. The smallest absolute Gasteiger partial charge is 0.224 e. The number of anilines is 1. The molecule has 2 rings (SSSR count). The number of nitrogens with one attached hydrogen (secondary N) is 1. The number of benzene rings is 2. The zero-order chi connectivity index (χ0) is 13.5. The Labute approximate surface area is 112 Å². The maximum Gasteiger partial charge on any atom is 0.224 e. The van der Waals surface area contributed by atoms with Crippen molar-refractivity contribution in [1.82, 2.24) is 0 Å². The summed E-state index contributed by atoms with van der Waals surface area (Å²) in [5, 5.41) is 11.5. The van der Waals surface area contributed by atoms with E-state index in [1.54, 1.807) is 24.3 Å². The molecule has 1 amide bonds. The molecule has 19 heavy (non-hydrogen) atoms. The van der Waals surface area contributed by atoms with Gasteiger partial charge in [0.1, 0.15) is 0 Å². The van der Waals surface area contributed by atoms with E-state index in [0.717, 1.165) is 17.7 Å². The van der Waals surface area contributed by atoms with E-state index in [-0.39, 0.29) is 5.91 Å². The average Bonchev–Trinajstić information content (AvgIpc) is 2.47. The van der Waals surface area contributed by atoms with Gasteiger partial charge in [0.2, 0.25) is 5.91 Å². The number of hydrogen-bond donors (Lipinski definition) is 1. The van der Waals surface area contributed by atoms with E-state index in [1.165, 1.54) is 0 Å². The van der Waals surface area contributed by atoms with E-state index in [1.807, 2.05) is 36.4 Å². The minimum absolute atomic E-state index is 0.0199. The van der Waals surface area contributed by atoms with Crippen molar-refractivity contribution >= 4 is 11.6 Å². The van der Waals surface area contributed by atoms with Gasteiger partial charge >= 0.3 is 0 Å². The first-order valence-electron chi connectivity index (χ1n) is 6.12. The van der Waals surface area contributed by atoms with Crippen LogP contribution in [-0.4, -0.2) is 5.91 Å². The molecule has 0 aliphatic rings. The van der Waals surface area contributed by atoms with Crippen LogP contribution in [0.4, 0.5) is 5.69 Å². The van der Waals surface area contributed by atoms with Crippen LogP contribution in [0, 0.1) is 11.3 Å². The lowest BCUT2D eigenvalue weighted by Gasteiger charge is -2.05. The molecule has 0 aliphatic carbocycles. The molecule has 0 atom stereocenters. The Bertz CT molecular complexity index is 582. The maximum absolute atomic E-state index is 11.8. The van der Waals surface area contributed by atoms with E-state index < -0.39 is 0 Å². The molecular formula is C16H14N2O. The fraction of sp³-hybridized carbons (Fsp3) is 0.125. The highest BCUT2D eigenvalue weighted by atomic mass is 16.1. The van der Waals surface area contributed by atoms with Crippen LogP contribution in [0.15, 0.2) is 54.6 Å². The summed E-state index contributed by atoms with van der Waals surface area (Å²) in [6, 6.07) is 18.8. The molecule has 0 aliphatic heterocycles. The summed E-state index contributed by atoms with van der Waals surface area (Å²) in [6.45, 7) is 0. The molecule has 0 heterocycles. The second kappa shape index (κ2) is 6.36. The van der Waals surface area contributed by atoms with Crippen molar-refractivity contribution in [3.8, 4) is 6.07 Å². The van der Waals surface area contributed by atoms with Gasteiger partial charge < -0.3 is 5.32 Å². The van der Waals surface area contributed by atoms with Crippen molar-refractivity contribution in [2.24, 2.45) is 0 Å². The van der Waals surface area contributed by atoms with Crippen molar-refractivity contribution in [2.75, 3.05) is 5.32 Å². The number of hydrogen-bond acceptors (Lipinski definition) is 2. The molecule has 0 spiro atoms. The standard InChI is InChI=1S/C16H14N2O/c17-12-14-6-9-15(10-7-14)18-16(19)11-8-13-4-2-1-3-5-13/h1-7,9-10H,8,11H2,(H,18,19). The zero-order valence-corrected chi connectivity index (χ0v) is 10.5. The summed E-state index contributed by atoms with van der Waals surface area (Å²) < 4.78 is 0. The molecule has 1 N–H and O–H groups in total. The third-order valence-electron chi connectivity index (χ3n) is 2.78. The summed E-state index contributed by atoms with van der Waals surface area (Å²) in [5.74, 6) is -0.0199.